The van der Waals surface area contributed by atoms with Crippen LogP contribution in [0.25, 0.3) is 0 Å². The summed E-state index contributed by atoms with van der Waals surface area (Å²) < 4.78 is 11.5. The average Bonchev–Trinajstić information content (AvgIpc) is 3.15. The first-order valence-electron chi connectivity index (χ1n) is 8.27. The van der Waals surface area contributed by atoms with Gasteiger partial charge >= 0.3 is 6.03 Å². The number of hydrogen-bond acceptors (Lipinski definition) is 3. The SMILES string of the molecule is O=C(N[C@@H]1CCc2cc(Cl)ccc21)N1CCCC2(C1)OCCO2. The van der Waals surface area contributed by atoms with Crippen LogP contribution in [0.1, 0.15) is 36.4 Å². The molecule has 0 saturated carbocycles. The summed E-state index contributed by atoms with van der Waals surface area (Å²) in [7, 11) is 0. The second kappa shape index (κ2) is 5.96. The number of rotatable bonds is 1. The van der Waals surface area contributed by atoms with Crippen molar-refractivity contribution in [2.24, 2.45) is 0 Å². The molecule has 1 aromatic rings. The lowest BCUT2D eigenvalue weighted by molar-refractivity contribution is -0.182. The third-order valence-electron chi connectivity index (χ3n) is 5.00. The van der Waals surface area contributed by atoms with Crippen molar-refractivity contribution >= 4 is 17.6 Å². The molecular weight excluding hydrogens is 316 g/mol. The molecule has 2 saturated heterocycles. The predicted octanol–water partition coefficient (Wildman–Crippen LogP) is 2.88. The van der Waals surface area contributed by atoms with Crippen molar-refractivity contribution in [2.75, 3.05) is 26.3 Å². The quantitative estimate of drug-likeness (QED) is 0.858. The first-order valence-corrected chi connectivity index (χ1v) is 8.65. The first-order chi connectivity index (χ1) is 11.2. The van der Waals surface area contributed by atoms with E-state index in [2.05, 4.69) is 5.32 Å². The Hall–Kier alpha value is -1.30. The molecular formula is C17H21ClN2O3. The zero-order valence-electron chi connectivity index (χ0n) is 13.0. The van der Waals surface area contributed by atoms with Crippen LogP contribution < -0.4 is 5.32 Å². The Morgan fingerprint density at radius 3 is 3.00 bits per heavy atom. The molecule has 4 rings (SSSR count). The predicted molar refractivity (Wildman–Crippen MR) is 86.5 cm³/mol. The van der Waals surface area contributed by atoms with E-state index in [0.29, 0.717) is 19.8 Å². The molecule has 6 heteroatoms. The molecule has 2 heterocycles. The number of aryl methyl sites for hydroxylation is 1. The topological polar surface area (TPSA) is 50.8 Å². The fraction of sp³-hybridized carbons (Fsp3) is 0.588. The lowest BCUT2D eigenvalue weighted by Crippen LogP contribution is -2.54. The van der Waals surface area contributed by atoms with E-state index < -0.39 is 5.79 Å². The molecule has 2 amide bonds. The van der Waals surface area contributed by atoms with Gasteiger partial charge in [0.25, 0.3) is 0 Å². The summed E-state index contributed by atoms with van der Waals surface area (Å²) in [5, 5.41) is 3.92. The molecule has 5 nitrogen and oxygen atoms in total. The number of urea groups is 1. The van der Waals surface area contributed by atoms with E-state index in [1.54, 1.807) is 0 Å². The second-order valence-electron chi connectivity index (χ2n) is 6.52. The van der Waals surface area contributed by atoms with E-state index in [1.807, 2.05) is 23.1 Å². The largest absolute Gasteiger partial charge is 0.346 e. The smallest absolute Gasteiger partial charge is 0.318 e. The molecule has 2 fully saturated rings. The van der Waals surface area contributed by atoms with Crippen molar-refractivity contribution in [1.82, 2.24) is 10.2 Å². The number of carbonyl (C=O) groups excluding carboxylic acids is 1. The van der Waals surface area contributed by atoms with Crippen LogP contribution in [0.4, 0.5) is 4.79 Å². The van der Waals surface area contributed by atoms with Crippen molar-refractivity contribution < 1.29 is 14.3 Å². The normalized spacial score (nSPS) is 25.6. The fourth-order valence-electron chi connectivity index (χ4n) is 3.87. The molecule has 1 aliphatic carbocycles. The Morgan fingerprint density at radius 2 is 2.17 bits per heavy atom. The Bertz CT molecular complexity index is 616. The van der Waals surface area contributed by atoms with Gasteiger partial charge in [-0.15, -0.1) is 0 Å². The van der Waals surface area contributed by atoms with Gasteiger partial charge in [-0.1, -0.05) is 17.7 Å². The van der Waals surface area contributed by atoms with Crippen LogP contribution in [0.5, 0.6) is 0 Å². The molecule has 124 valence electrons. The molecule has 2 aliphatic heterocycles. The number of hydrogen-bond donors (Lipinski definition) is 1. The average molecular weight is 337 g/mol. The highest BCUT2D eigenvalue weighted by molar-refractivity contribution is 6.30. The number of nitrogens with one attached hydrogen (secondary N) is 1. The lowest BCUT2D eigenvalue weighted by Gasteiger charge is -2.38. The van der Waals surface area contributed by atoms with E-state index in [0.717, 1.165) is 37.3 Å². The van der Waals surface area contributed by atoms with Gasteiger partial charge < -0.3 is 19.7 Å². The van der Waals surface area contributed by atoms with Gasteiger partial charge in [0.2, 0.25) is 0 Å². The first kappa shape index (κ1) is 15.2. The molecule has 1 atom stereocenters. The van der Waals surface area contributed by atoms with Gasteiger partial charge in [0, 0.05) is 18.0 Å². The minimum atomic E-state index is -0.573. The zero-order valence-corrected chi connectivity index (χ0v) is 13.8. The molecule has 0 radical (unpaired) electrons. The van der Waals surface area contributed by atoms with Crippen LogP contribution in [-0.4, -0.2) is 43.0 Å². The van der Waals surface area contributed by atoms with E-state index in [4.69, 9.17) is 21.1 Å². The summed E-state index contributed by atoms with van der Waals surface area (Å²) in [6.07, 6.45) is 3.65. The van der Waals surface area contributed by atoms with E-state index in [9.17, 15) is 4.79 Å². The van der Waals surface area contributed by atoms with E-state index in [-0.39, 0.29) is 12.1 Å². The van der Waals surface area contributed by atoms with E-state index in [1.165, 1.54) is 11.1 Å². The van der Waals surface area contributed by atoms with Crippen LogP contribution in [0.15, 0.2) is 18.2 Å². The highest BCUT2D eigenvalue weighted by Crippen LogP contribution is 2.34. The van der Waals surface area contributed by atoms with Crippen molar-refractivity contribution in [3.05, 3.63) is 34.3 Å². The number of benzene rings is 1. The number of fused-ring (bicyclic) bond motifs is 1. The fourth-order valence-corrected chi connectivity index (χ4v) is 4.07. The summed E-state index contributed by atoms with van der Waals surface area (Å²) in [6.45, 7) is 2.50. The maximum Gasteiger partial charge on any atom is 0.318 e. The Morgan fingerprint density at radius 1 is 1.35 bits per heavy atom. The molecule has 3 aliphatic rings. The number of amides is 2. The third-order valence-corrected chi connectivity index (χ3v) is 5.23. The summed E-state index contributed by atoms with van der Waals surface area (Å²) in [4.78, 5) is 14.5. The lowest BCUT2D eigenvalue weighted by atomic mass is 10.0. The van der Waals surface area contributed by atoms with Crippen LogP contribution in [0, 0.1) is 0 Å². The van der Waals surface area contributed by atoms with Crippen molar-refractivity contribution in [3.63, 3.8) is 0 Å². The van der Waals surface area contributed by atoms with Crippen LogP contribution in [0.2, 0.25) is 5.02 Å². The molecule has 1 N–H and O–H groups in total. The molecule has 23 heavy (non-hydrogen) atoms. The summed E-state index contributed by atoms with van der Waals surface area (Å²) in [5.74, 6) is -0.573. The minimum Gasteiger partial charge on any atom is -0.346 e. The van der Waals surface area contributed by atoms with Gasteiger partial charge in [-0.2, -0.15) is 0 Å². The number of ether oxygens (including phenoxy) is 2. The zero-order chi connectivity index (χ0) is 15.9. The van der Waals surface area contributed by atoms with Gasteiger partial charge in [0.15, 0.2) is 5.79 Å². The Kier molecular flexibility index (Phi) is 3.95. The maximum atomic E-state index is 12.6. The van der Waals surface area contributed by atoms with Crippen LogP contribution in [0.3, 0.4) is 0 Å². The summed E-state index contributed by atoms with van der Waals surface area (Å²) in [5.41, 5.74) is 2.42. The number of carbonyl (C=O) groups is 1. The van der Waals surface area contributed by atoms with Crippen molar-refractivity contribution in [1.29, 1.82) is 0 Å². The Balaban J connectivity index is 1.43. The third kappa shape index (κ3) is 2.93. The molecule has 1 aromatic carbocycles. The molecule has 0 bridgehead atoms. The molecule has 0 unspecified atom stereocenters. The highest BCUT2D eigenvalue weighted by atomic mass is 35.5. The Labute approximate surface area is 140 Å². The van der Waals surface area contributed by atoms with Crippen molar-refractivity contribution in [2.45, 2.75) is 37.5 Å². The number of nitrogens with zero attached hydrogens (tertiary/aromatic N) is 1. The van der Waals surface area contributed by atoms with Crippen LogP contribution in [-0.2, 0) is 15.9 Å². The monoisotopic (exact) mass is 336 g/mol. The van der Waals surface area contributed by atoms with Gasteiger partial charge in [0.1, 0.15) is 0 Å². The second-order valence-corrected chi connectivity index (χ2v) is 6.95. The van der Waals surface area contributed by atoms with Gasteiger partial charge in [-0.05, 0) is 42.5 Å². The molecule has 0 aromatic heterocycles. The summed E-state index contributed by atoms with van der Waals surface area (Å²) >= 11 is 6.04. The standard InChI is InChI=1S/C17H21ClN2O3/c18-13-3-4-14-12(10-13)2-5-15(14)19-16(21)20-7-1-6-17(11-20)22-8-9-23-17/h3-4,10,15H,1-2,5-9,11H2,(H,19,21)/t15-/m1/s1. The minimum absolute atomic E-state index is 0.0315. The number of piperidine rings is 1. The highest BCUT2D eigenvalue weighted by Gasteiger charge is 2.42. The van der Waals surface area contributed by atoms with Gasteiger partial charge in [0.05, 0.1) is 25.8 Å². The van der Waals surface area contributed by atoms with Crippen LogP contribution >= 0.6 is 11.6 Å². The van der Waals surface area contributed by atoms with Gasteiger partial charge in [-0.3, -0.25) is 0 Å². The van der Waals surface area contributed by atoms with E-state index >= 15 is 0 Å². The van der Waals surface area contributed by atoms with Gasteiger partial charge in [-0.25, -0.2) is 4.79 Å². The number of halogens is 1. The molecule has 1 spiro atoms. The number of likely N-dealkylation sites (tertiary alicyclic amines) is 1. The van der Waals surface area contributed by atoms with Crippen molar-refractivity contribution in [3.8, 4) is 0 Å². The maximum absolute atomic E-state index is 12.6. The summed E-state index contributed by atoms with van der Waals surface area (Å²) in [6, 6.07) is 5.95.